The molecule has 1 rings (SSSR count). The molecule has 0 saturated heterocycles. The van der Waals surface area contributed by atoms with Gasteiger partial charge in [-0.3, -0.25) is 0 Å². The maximum atomic E-state index is 10.4. The summed E-state index contributed by atoms with van der Waals surface area (Å²) in [5.74, 6) is 0. The number of isocyanates is 2. The van der Waals surface area contributed by atoms with Gasteiger partial charge in [-0.15, -0.1) is 0 Å². The highest BCUT2D eigenvalue weighted by Gasteiger charge is 2.13. The normalized spacial score (nSPS) is 11.3. The number of rotatable bonds is 6. The molecule has 0 spiro atoms. The van der Waals surface area contributed by atoms with Gasteiger partial charge in [-0.25, -0.2) is 9.59 Å². The quantitative estimate of drug-likeness (QED) is 0.602. The lowest BCUT2D eigenvalue weighted by atomic mass is 10.0. The molecule has 100 valence electrons. The first-order valence-electron chi connectivity index (χ1n) is 5.73. The van der Waals surface area contributed by atoms with Gasteiger partial charge >= 0.3 is 0 Å². The average molecular weight is 262 g/mol. The largest absolute Gasteiger partial charge is 0.396 e. The maximum Gasteiger partial charge on any atom is 0.240 e. The molecule has 1 unspecified atom stereocenters. The van der Waals surface area contributed by atoms with Crippen molar-refractivity contribution >= 4 is 23.5 Å². The number of aliphatic hydroxyl groups is 2. The molecular formula is C13H14N2O4. The van der Waals surface area contributed by atoms with Crippen LogP contribution in [0.3, 0.4) is 0 Å². The van der Waals surface area contributed by atoms with Crippen LogP contribution >= 0.6 is 0 Å². The van der Waals surface area contributed by atoms with Crippen molar-refractivity contribution in [3.05, 3.63) is 23.3 Å². The fourth-order valence-corrected chi connectivity index (χ4v) is 1.68. The molecule has 0 aliphatic heterocycles. The zero-order chi connectivity index (χ0) is 14.3. The Morgan fingerprint density at radius 3 is 2.16 bits per heavy atom. The van der Waals surface area contributed by atoms with E-state index in [1.165, 1.54) is 24.3 Å². The molecule has 6 heteroatoms. The summed E-state index contributed by atoms with van der Waals surface area (Å²) in [6.07, 6.45) is 2.80. The highest BCUT2D eigenvalue weighted by atomic mass is 16.3. The van der Waals surface area contributed by atoms with E-state index in [9.17, 15) is 14.7 Å². The number of nitrogens with zero attached hydrogens (tertiary/aromatic N) is 2. The second-order valence-corrected chi connectivity index (χ2v) is 3.97. The minimum Gasteiger partial charge on any atom is -0.396 e. The Balaban J connectivity index is 3.25. The molecule has 0 fully saturated rings. The standard InChI is InChI=1S/C13H14N2O4/c1-9-11(14-7-17)5-10(6-12(9)15-8-18)13(19)3-2-4-16/h5-6,13,16,19H,2-4H2,1H3. The van der Waals surface area contributed by atoms with E-state index < -0.39 is 6.10 Å². The van der Waals surface area contributed by atoms with E-state index in [4.69, 9.17) is 5.11 Å². The molecule has 0 saturated carbocycles. The third-order valence-corrected chi connectivity index (χ3v) is 2.73. The number of aliphatic hydroxyl groups excluding tert-OH is 2. The summed E-state index contributed by atoms with van der Waals surface area (Å²) in [5.41, 5.74) is 1.60. The molecule has 0 aliphatic carbocycles. The lowest BCUT2D eigenvalue weighted by Crippen LogP contribution is -1.99. The molecule has 1 aromatic carbocycles. The van der Waals surface area contributed by atoms with E-state index in [1.807, 2.05) is 0 Å². The van der Waals surface area contributed by atoms with E-state index in [1.54, 1.807) is 6.92 Å². The summed E-state index contributed by atoms with van der Waals surface area (Å²) >= 11 is 0. The Labute approximate surface area is 110 Å². The van der Waals surface area contributed by atoms with Crippen LogP contribution in [-0.2, 0) is 9.59 Å². The molecule has 0 aliphatic rings. The molecule has 1 aromatic rings. The van der Waals surface area contributed by atoms with Crippen molar-refractivity contribution in [3.63, 3.8) is 0 Å². The van der Waals surface area contributed by atoms with Gasteiger partial charge in [0.15, 0.2) is 0 Å². The van der Waals surface area contributed by atoms with E-state index in [2.05, 4.69) is 9.98 Å². The molecule has 0 amide bonds. The smallest absolute Gasteiger partial charge is 0.240 e. The summed E-state index contributed by atoms with van der Waals surface area (Å²) in [5, 5.41) is 18.7. The Kier molecular flexibility index (Phi) is 5.79. The van der Waals surface area contributed by atoms with Gasteiger partial charge in [-0.2, -0.15) is 9.98 Å². The van der Waals surface area contributed by atoms with E-state index in [0.29, 0.717) is 35.3 Å². The van der Waals surface area contributed by atoms with Gasteiger partial charge in [0.1, 0.15) is 0 Å². The van der Waals surface area contributed by atoms with Crippen LogP contribution in [-0.4, -0.2) is 29.0 Å². The van der Waals surface area contributed by atoms with Crippen molar-refractivity contribution in [1.82, 2.24) is 0 Å². The lowest BCUT2D eigenvalue weighted by Gasteiger charge is -2.13. The number of benzene rings is 1. The predicted molar refractivity (Wildman–Crippen MR) is 68.0 cm³/mol. The maximum absolute atomic E-state index is 10.4. The van der Waals surface area contributed by atoms with Crippen LogP contribution in [0.25, 0.3) is 0 Å². The Morgan fingerprint density at radius 2 is 1.74 bits per heavy atom. The lowest BCUT2D eigenvalue weighted by molar-refractivity contribution is 0.152. The summed E-state index contributed by atoms with van der Waals surface area (Å²) < 4.78 is 0. The molecule has 1 atom stereocenters. The van der Waals surface area contributed by atoms with Gasteiger partial charge in [-0.1, -0.05) is 0 Å². The third-order valence-electron chi connectivity index (χ3n) is 2.73. The summed E-state index contributed by atoms with van der Waals surface area (Å²) in [4.78, 5) is 27.7. The van der Waals surface area contributed by atoms with Gasteiger partial charge in [0.05, 0.1) is 17.5 Å². The zero-order valence-corrected chi connectivity index (χ0v) is 10.5. The van der Waals surface area contributed by atoms with E-state index in [0.717, 1.165) is 0 Å². The first kappa shape index (κ1) is 15.0. The van der Waals surface area contributed by atoms with Crippen LogP contribution in [0.1, 0.15) is 30.1 Å². The van der Waals surface area contributed by atoms with Gasteiger partial charge in [-0.05, 0) is 37.5 Å². The number of carbonyl (C=O) groups excluding carboxylic acids is 2. The van der Waals surface area contributed by atoms with Crippen molar-refractivity contribution in [3.8, 4) is 0 Å². The summed E-state index contributed by atoms with van der Waals surface area (Å²) in [7, 11) is 0. The Hall–Kier alpha value is -2.10. The SMILES string of the molecule is Cc1c(N=C=O)cc(C(O)CCCO)cc1N=C=O. The second-order valence-electron chi connectivity index (χ2n) is 3.97. The highest BCUT2D eigenvalue weighted by molar-refractivity contribution is 5.66. The number of hydrogen-bond acceptors (Lipinski definition) is 6. The van der Waals surface area contributed by atoms with Crippen molar-refractivity contribution in [2.45, 2.75) is 25.9 Å². The molecule has 19 heavy (non-hydrogen) atoms. The number of hydrogen-bond donors (Lipinski definition) is 2. The van der Waals surface area contributed by atoms with Gasteiger partial charge in [0.2, 0.25) is 12.2 Å². The van der Waals surface area contributed by atoms with Gasteiger partial charge < -0.3 is 10.2 Å². The van der Waals surface area contributed by atoms with Crippen LogP contribution in [0, 0.1) is 6.92 Å². The van der Waals surface area contributed by atoms with E-state index in [-0.39, 0.29) is 6.61 Å². The average Bonchev–Trinajstić information content (AvgIpc) is 2.40. The fourth-order valence-electron chi connectivity index (χ4n) is 1.68. The first-order valence-corrected chi connectivity index (χ1v) is 5.73. The van der Waals surface area contributed by atoms with E-state index >= 15 is 0 Å². The summed E-state index contributed by atoms with van der Waals surface area (Å²) in [6.45, 7) is 1.62. The molecule has 0 bridgehead atoms. The molecular weight excluding hydrogens is 248 g/mol. The molecule has 6 nitrogen and oxygen atoms in total. The van der Waals surface area contributed by atoms with Crippen molar-refractivity contribution in [2.24, 2.45) is 9.98 Å². The van der Waals surface area contributed by atoms with Crippen molar-refractivity contribution in [2.75, 3.05) is 6.61 Å². The fraction of sp³-hybridized carbons (Fsp3) is 0.385. The first-order chi connectivity index (χ1) is 9.13. The Bertz CT molecular complexity index is 505. The van der Waals surface area contributed by atoms with Gasteiger partial charge in [0.25, 0.3) is 0 Å². The predicted octanol–water partition coefficient (Wildman–Crippen LogP) is 1.74. The zero-order valence-electron chi connectivity index (χ0n) is 10.5. The second kappa shape index (κ2) is 7.36. The topological polar surface area (TPSA) is 99.3 Å². The van der Waals surface area contributed by atoms with Crippen LogP contribution in [0.4, 0.5) is 11.4 Å². The monoisotopic (exact) mass is 262 g/mol. The van der Waals surface area contributed by atoms with Crippen LogP contribution < -0.4 is 0 Å². The van der Waals surface area contributed by atoms with Crippen LogP contribution in [0.2, 0.25) is 0 Å². The molecule has 0 aromatic heterocycles. The Morgan fingerprint density at radius 1 is 1.21 bits per heavy atom. The molecule has 0 heterocycles. The minimum absolute atomic E-state index is 0.0262. The molecule has 0 radical (unpaired) electrons. The van der Waals surface area contributed by atoms with Crippen LogP contribution in [0.15, 0.2) is 22.1 Å². The summed E-state index contributed by atoms with van der Waals surface area (Å²) in [6, 6.07) is 3.07. The molecule has 2 N–H and O–H groups in total. The van der Waals surface area contributed by atoms with Crippen LogP contribution in [0.5, 0.6) is 0 Å². The van der Waals surface area contributed by atoms with Gasteiger partial charge in [0, 0.05) is 12.2 Å². The van der Waals surface area contributed by atoms with Crippen molar-refractivity contribution in [1.29, 1.82) is 0 Å². The minimum atomic E-state index is -0.825. The van der Waals surface area contributed by atoms with Crippen molar-refractivity contribution < 1.29 is 19.8 Å². The number of aliphatic imine (C=N–C) groups is 2. The highest BCUT2D eigenvalue weighted by Crippen LogP contribution is 2.33. The third kappa shape index (κ3) is 3.95.